The van der Waals surface area contributed by atoms with E-state index in [1.54, 1.807) is 7.05 Å². The Morgan fingerprint density at radius 1 is 1.16 bits per heavy atom. The van der Waals surface area contributed by atoms with Crippen LogP contribution in [0.4, 0.5) is 17.6 Å². The van der Waals surface area contributed by atoms with Crippen LogP contribution in [0, 0.1) is 6.92 Å². The third-order valence-electron chi connectivity index (χ3n) is 2.44. The van der Waals surface area contributed by atoms with Crippen LogP contribution in [0.3, 0.4) is 0 Å². The molecule has 1 aromatic heterocycles. The molecule has 0 fully saturated rings. The zero-order valence-corrected chi connectivity index (χ0v) is 12.4. The first-order valence-corrected chi connectivity index (χ1v) is 6.42. The largest absolute Gasteiger partial charge is 0.467 e. The number of methoxy groups -OCH3 is 1. The van der Waals surface area contributed by atoms with Gasteiger partial charge in [0.1, 0.15) is 0 Å². The predicted octanol–water partition coefficient (Wildman–Crippen LogP) is 2.74. The number of hydrogen-bond donors (Lipinski definition) is 2. The molecule has 2 rings (SSSR count). The van der Waals surface area contributed by atoms with Crippen LogP contribution in [0.5, 0.6) is 6.01 Å². The van der Waals surface area contributed by atoms with Crippen molar-refractivity contribution in [3.05, 3.63) is 28.2 Å². The Labute approximate surface area is 119 Å². The summed E-state index contributed by atoms with van der Waals surface area (Å²) in [6, 6.07) is 6.16. The van der Waals surface area contributed by atoms with E-state index >= 15 is 0 Å². The van der Waals surface area contributed by atoms with Gasteiger partial charge in [-0.25, -0.2) is 0 Å². The molecule has 0 bridgehead atoms. The van der Waals surface area contributed by atoms with Gasteiger partial charge in [0.15, 0.2) is 0 Å². The third-order valence-corrected chi connectivity index (χ3v) is 3.32. The third kappa shape index (κ3) is 3.31. The van der Waals surface area contributed by atoms with Crippen molar-refractivity contribution in [1.29, 1.82) is 0 Å². The van der Waals surface area contributed by atoms with Crippen LogP contribution < -0.4 is 15.4 Å². The van der Waals surface area contributed by atoms with Gasteiger partial charge < -0.3 is 15.4 Å². The van der Waals surface area contributed by atoms with Crippen LogP contribution in [-0.2, 0) is 0 Å². The lowest BCUT2D eigenvalue weighted by Gasteiger charge is -2.09. The lowest BCUT2D eigenvalue weighted by atomic mass is 10.2. The van der Waals surface area contributed by atoms with Gasteiger partial charge in [-0.15, -0.1) is 0 Å². The van der Waals surface area contributed by atoms with E-state index in [9.17, 15) is 0 Å². The van der Waals surface area contributed by atoms with Crippen LogP contribution in [0.25, 0.3) is 0 Å². The highest BCUT2D eigenvalue weighted by atomic mass is 79.9. The molecule has 0 aliphatic rings. The number of rotatable bonds is 4. The van der Waals surface area contributed by atoms with Crippen LogP contribution in [-0.4, -0.2) is 29.1 Å². The van der Waals surface area contributed by atoms with Crippen molar-refractivity contribution in [2.75, 3.05) is 24.8 Å². The van der Waals surface area contributed by atoms with E-state index in [0.717, 1.165) is 15.7 Å². The number of halogens is 1. The molecule has 0 spiro atoms. The van der Waals surface area contributed by atoms with Gasteiger partial charge in [-0.3, -0.25) is 0 Å². The average molecular weight is 324 g/mol. The number of ether oxygens (including phenoxy) is 1. The summed E-state index contributed by atoms with van der Waals surface area (Å²) in [4.78, 5) is 12.4. The summed E-state index contributed by atoms with van der Waals surface area (Å²) in [5.41, 5.74) is 2.02. The maximum absolute atomic E-state index is 5.03. The first-order valence-electron chi connectivity index (χ1n) is 5.63. The van der Waals surface area contributed by atoms with Gasteiger partial charge in [0, 0.05) is 17.2 Å². The van der Waals surface area contributed by atoms with Gasteiger partial charge in [-0.1, -0.05) is 15.9 Å². The van der Waals surface area contributed by atoms with Gasteiger partial charge in [0.05, 0.1) is 7.11 Å². The summed E-state index contributed by atoms with van der Waals surface area (Å²) in [5, 5.41) is 5.98. The number of hydrogen-bond acceptors (Lipinski definition) is 6. The first-order chi connectivity index (χ1) is 9.12. The molecule has 0 saturated heterocycles. The van der Waals surface area contributed by atoms with Gasteiger partial charge in [-0.05, 0) is 30.7 Å². The van der Waals surface area contributed by atoms with E-state index in [-0.39, 0.29) is 6.01 Å². The molecule has 0 amide bonds. The van der Waals surface area contributed by atoms with Crippen LogP contribution in [0.15, 0.2) is 22.7 Å². The molecule has 2 N–H and O–H groups in total. The molecule has 6 nitrogen and oxygen atoms in total. The monoisotopic (exact) mass is 323 g/mol. The summed E-state index contributed by atoms with van der Waals surface area (Å²) < 4.78 is 6.09. The number of nitrogens with one attached hydrogen (secondary N) is 2. The zero-order valence-electron chi connectivity index (χ0n) is 10.9. The summed E-state index contributed by atoms with van der Waals surface area (Å²) >= 11 is 3.46. The number of nitrogens with zero attached hydrogens (tertiary/aromatic N) is 3. The number of aryl methyl sites for hydroxylation is 1. The standard InChI is InChI=1S/C12H14BrN5O/c1-7-6-8(4-5-9(7)13)15-11-16-10(14-2)17-12(18-11)19-3/h4-6H,1-3H3,(H2,14,15,16,17,18). The summed E-state index contributed by atoms with van der Waals surface area (Å²) in [5.74, 6) is 0.876. The average Bonchev–Trinajstić information content (AvgIpc) is 2.42. The molecule has 2 aromatic rings. The minimum atomic E-state index is 0.260. The highest BCUT2D eigenvalue weighted by molar-refractivity contribution is 9.10. The molecule has 0 aliphatic heterocycles. The molecule has 1 aromatic carbocycles. The highest BCUT2D eigenvalue weighted by Crippen LogP contribution is 2.22. The summed E-state index contributed by atoms with van der Waals surface area (Å²) in [6.07, 6.45) is 0. The predicted molar refractivity (Wildman–Crippen MR) is 78.1 cm³/mol. The molecule has 0 saturated carbocycles. The minimum absolute atomic E-state index is 0.260. The van der Waals surface area contributed by atoms with Gasteiger partial charge >= 0.3 is 6.01 Å². The van der Waals surface area contributed by atoms with Gasteiger partial charge in [0.2, 0.25) is 11.9 Å². The van der Waals surface area contributed by atoms with Crippen molar-refractivity contribution < 1.29 is 4.74 Å². The van der Waals surface area contributed by atoms with Gasteiger partial charge in [-0.2, -0.15) is 15.0 Å². The van der Waals surface area contributed by atoms with Crippen molar-refractivity contribution >= 4 is 33.5 Å². The summed E-state index contributed by atoms with van der Waals surface area (Å²) in [6.45, 7) is 2.02. The Bertz CT molecular complexity index is 568. The molecule has 1 heterocycles. The molecule has 0 unspecified atom stereocenters. The Hall–Kier alpha value is -1.89. The number of benzene rings is 1. The first kappa shape index (κ1) is 13.5. The fourth-order valence-electron chi connectivity index (χ4n) is 1.47. The van der Waals surface area contributed by atoms with Crippen LogP contribution in [0.2, 0.25) is 0 Å². The van der Waals surface area contributed by atoms with E-state index in [1.165, 1.54) is 7.11 Å². The molecule has 100 valence electrons. The second kappa shape index (κ2) is 5.83. The normalized spacial score (nSPS) is 10.1. The molecule has 19 heavy (non-hydrogen) atoms. The lowest BCUT2D eigenvalue weighted by molar-refractivity contribution is 0.379. The van der Waals surface area contributed by atoms with Crippen molar-refractivity contribution in [2.24, 2.45) is 0 Å². The van der Waals surface area contributed by atoms with Gasteiger partial charge in [0.25, 0.3) is 0 Å². The number of anilines is 3. The molecule has 7 heteroatoms. The van der Waals surface area contributed by atoms with Crippen LogP contribution in [0.1, 0.15) is 5.56 Å². The van der Waals surface area contributed by atoms with E-state index in [2.05, 4.69) is 41.5 Å². The van der Waals surface area contributed by atoms with Crippen molar-refractivity contribution in [1.82, 2.24) is 15.0 Å². The van der Waals surface area contributed by atoms with E-state index < -0.39 is 0 Å². The Kier molecular flexibility index (Phi) is 4.16. The summed E-state index contributed by atoms with van der Waals surface area (Å²) in [7, 11) is 3.25. The molecule has 0 radical (unpaired) electrons. The highest BCUT2D eigenvalue weighted by Gasteiger charge is 2.06. The molecule has 0 atom stereocenters. The topological polar surface area (TPSA) is 72.0 Å². The Balaban J connectivity index is 2.29. The Morgan fingerprint density at radius 2 is 1.89 bits per heavy atom. The fourth-order valence-corrected chi connectivity index (χ4v) is 1.71. The minimum Gasteiger partial charge on any atom is -0.467 e. The zero-order chi connectivity index (χ0) is 13.8. The smallest absolute Gasteiger partial charge is 0.322 e. The van der Waals surface area contributed by atoms with E-state index in [1.807, 2.05) is 25.1 Å². The molecular formula is C12H14BrN5O. The number of aromatic nitrogens is 3. The fraction of sp³-hybridized carbons (Fsp3) is 0.250. The maximum atomic E-state index is 5.03. The quantitative estimate of drug-likeness (QED) is 0.901. The second-order valence-electron chi connectivity index (χ2n) is 3.81. The van der Waals surface area contributed by atoms with Crippen molar-refractivity contribution in [2.45, 2.75) is 6.92 Å². The lowest BCUT2D eigenvalue weighted by Crippen LogP contribution is -2.05. The van der Waals surface area contributed by atoms with E-state index in [0.29, 0.717) is 11.9 Å². The Morgan fingerprint density at radius 3 is 2.53 bits per heavy atom. The SMILES string of the molecule is CNc1nc(Nc2ccc(Br)c(C)c2)nc(OC)n1. The van der Waals surface area contributed by atoms with Crippen molar-refractivity contribution in [3.8, 4) is 6.01 Å². The van der Waals surface area contributed by atoms with E-state index in [4.69, 9.17) is 4.74 Å². The molecular weight excluding hydrogens is 310 g/mol. The van der Waals surface area contributed by atoms with Crippen LogP contribution >= 0.6 is 15.9 Å². The van der Waals surface area contributed by atoms with Crippen molar-refractivity contribution in [3.63, 3.8) is 0 Å². The second-order valence-corrected chi connectivity index (χ2v) is 4.66. The molecule has 0 aliphatic carbocycles. The maximum Gasteiger partial charge on any atom is 0.322 e.